The maximum absolute atomic E-state index is 12.7. The molecule has 1 saturated heterocycles. The fourth-order valence-corrected chi connectivity index (χ4v) is 4.40. The number of aromatic amines is 1. The first-order valence-corrected chi connectivity index (χ1v) is 8.08. The Morgan fingerprint density at radius 3 is 2.80 bits per heavy atom. The highest BCUT2D eigenvalue weighted by molar-refractivity contribution is 7.89. The van der Waals surface area contributed by atoms with Crippen LogP contribution < -0.4 is 0 Å². The van der Waals surface area contributed by atoms with Gasteiger partial charge in [-0.1, -0.05) is 18.2 Å². The fraction of sp³-hybridized carbons (Fsp3) is 0.357. The van der Waals surface area contributed by atoms with Gasteiger partial charge in [0.05, 0.1) is 4.90 Å². The molecule has 0 radical (unpaired) electrons. The minimum absolute atomic E-state index is 0.205. The van der Waals surface area contributed by atoms with Crippen LogP contribution in [-0.2, 0) is 10.0 Å². The van der Waals surface area contributed by atoms with E-state index < -0.39 is 10.0 Å². The van der Waals surface area contributed by atoms with Crippen LogP contribution in [0.3, 0.4) is 0 Å². The molecule has 0 aliphatic carbocycles. The SMILES string of the molecule is Cc1ccccc1S(=O)(=O)N1CC[C@@H](c2ccn[nH]2)C1. The summed E-state index contributed by atoms with van der Waals surface area (Å²) in [6.07, 6.45) is 2.53. The normalized spacial score (nSPS) is 20.4. The van der Waals surface area contributed by atoms with Crippen LogP contribution in [0.25, 0.3) is 0 Å². The van der Waals surface area contributed by atoms with Gasteiger partial charge in [0, 0.05) is 30.9 Å². The number of hydrogen-bond acceptors (Lipinski definition) is 3. The van der Waals surface area contributed by atoms with E-state index in [0.29, 0.717) is 18.0 Å². The molecule has 0 spiro atoms. The lowest BCUT2D eigenvalue weighted by atomic mass is 10.1. The van der Waals surface area contributed by atoms with E-state index in [2.05, 4.69) is 10.2 Å². The molecule has 0 saturated carbocycles. The summed E-state index contributed by atoms with van der Waals surface area (Å²) in [7, 11) is -3.39. The van der Waals surface area contributed by atoms with Crippen molar-refractivity contribution in [2.75, 3.05) is 13.1 Å². The third kappa shape index (κ3) is 2.25. The lowest BCUT2D eigenvalue weighted by molar-refractivity contribution is 0.471. The average Bonchev–Trinajstić information content (AvgIpc) is 3.10. The van der Waals surface area contributed by atoms with Crippen molar-refractivity contribution in [3.05, 3.63) is 47.8 Å². The Morgan fingerprint density at radius 1 is 1.30 bits per heavy atom. The van der Waals surface area contributed by atoms with E-state index in [-0.39, 0.29) is 5.92 Å². The molecule has 5 nitrogen and oxygen atoms in total. The van der Waals surface area contributed by atoms with E-state index in [1.807, 2.05) is 25.1 Å². The van der Waals surface area contributed by atoms with Crippen molar-refractivity contribution in [1.82, 2.24) is 14.5 Å². The Balaban J connectivity index is 1.85. The zero-order valence-corrected chi connectivity index (χ0v) is 12.1. The first-order chi connectivity index (χ1) is 9.59. The first kappa shape index (κ1) is 13.3. The van der Waals surface area contributed by atoms with E-state index in [4.69, 9.17) is 0 Å². The number of nitrogens with one attached hydrogen (secondary N) is 1. The van der Waals surface area contributed by atoms with Crippen LogP contribution in [0, 0.1) is 6.92 Å². The van der Waals surface area contributed by atoms with E-state index >= 15 is 0 Å². The molecule has 1 atom stereocenters. The van der Waals surface area contributed by atoms with Crippen LogP contribution in [0.4, 0.5) is 0 Å². The van der Waals surface area contributed by atoms with Gasteiger partial charge >= 0.3 is 0 Å². The molecule has 6 heteroatoms. The van der Waals surface area contributed by atoms with Gasteiger partial charge < -0.3 is 0 Å². The van der Waals surface area contributed by atoms with Crippen molar-refractivity contribution in [3.8, 4) is 0 Å². The Labute approximate surface area is 118 Å². The van der Waals surface area contributed by atoms with Crippen LogP contribution in [0.15, 0.2) is 41.4 Å². The monoisotopic (exact) mass is 291 g/mol. The topological polar surface area (TPSA) is 66.1 Å². The summed E-state index contributed by atoms with van der Waals surface area (Å²) in [5.74, 6) is 0.205. The second-order valence-electron chi connectivity index (χ2n) is 5.13. The summed E-state index contributed by atoms with van der Waals surface area (Å²) in [6.45, 7) is 2.90. The number of hydrogen-bond donors (Lipinski definition) is 1. The molecule has 106 valence electrons. The number of rotatable bonds is 3. The molecule has 1 N–H and O–H groups in total. The smallest absolute Gasteiger partial charge is 0.243 e. The third-order valence-corrected chi connectivity index (χ3v) is 5.85. The van der Waals surface area contributed by atoms with Gasteiger partial charge in [-0.05, 0) is 31.0 Å². The Hall–Kier alpha value is -1.66. The van der Waals surface area contributed by atoms with Crippen molar-refractivity contribution >= 4 is 10.0 Å². The van der Waals surface area contributed by atoms with Crippen molar-refractivity contribution < 1.29 is 8.42 Å². The van der Waals surface area contributed by atoms with Crippen LogP contribution >= 0.6 is 0 Å². The van der Waals surface area contributed by atoms with E-state index in [0.717, 1.165) is 17.7 Å². The second kappa shape index (κ2) is 5.03. The highest BCUT2D eigenvalue weighted by Gasteiger charge is 2.34. The Kier molecular flexibility index (Phi) is 3.35. The summed E-state index contributed by atoms with van der Waals surface area (Å²) >= 11 is 0. The average molecular weight is 291 g/mol. The number of H-pyrrole nitrogens is 1. The lowest BCUT2D eigenvalue weighted by Gasteiger charge is -2.17. The molecular weight excluding hydrogens is 274 g/mol. The minimum Gasteiger partial charge on any atom is -0.282 e. The molecule has 1 aromatic carbocycles. The standard InChI is InChI=1S/C14H17N3O2S/c1-11-4-2-3-5-14(11)20(18,19)17-9-7-12(10-17)13-6-8-15-16-13/h2-6,8,12H,7,9-10H2,1H3,(H,15,16)/t12-/m1/s1. The van der Waals surface area contributed by atoms with Crippen molar-refractivity contribution in [2.45, 2.75) is 24.2 Å². The Bertz CT molecular complexity index is 695. The Morgan fingerprint density at radius 2 is 2.10 bits per heavy atom. The van der Waals surface area contributed by atoms with Gasteiger partial charge in [0.1, 0.15) is 0 Å². The second-order valence-corrected chi connectivity index (χ2v) is 7.03. The molecule has 1 aromatic heterocycles. The largest absolute Gasteiger partial charge is 0.282 e. The highest BCUT2D eigenvalue weighted by atomic mass is 32.2. The van der Waals surface area contributed by atoms with E-state index in [1.165, 1.54) is 0 Å². The van der Waals surface area contributed by atoms with Crippen LogP contribution in [-0.4, -0.2) is 36.0 Å². The number of aromatic nitrogens is 2. The van der Waals surface area contributed by atoms with Gasteiger partial charge in [0.15, 0.2) is 0 Å². The van der Waals surface area contributed by atoms with E-state index in [1.54, 1.807) is 22.6 Å². The van der Waals surface area contributed by atoms with Crippen molar-refractivity contribution in [1.29, 1.82) is 0 Å². The first-order valence-electron chi connectivity index (χ1n) is 6.64. The summed E-state index contributed by atoms with van der Waals surface area (Å²) in [5.41, 5.74) is 1.80. The molecule has 0 amide bonds. The maximum Gasteiger partial charge on any atom is 0.243 e. The highest BCUT2D eigenvalue weighted by Crippen LogP contribution is 2.30. The summed E-state index contributed by atoms with van der Waals surface area (Å²) < 4.78 is 26.9. The van der Waals surface area contributed by atoms with Crippen molar-refractivity contribution in [3.63, 3.8) is 0 Å². The zero-order valence-electron chi connectivity index (χ0n) is 11.3. The molecule has 0 unspecified atom stereocenters. The molecule has 20 heavy (non-hydrogen) atoms. The minimum atomic E-state index is -3.39. The maximum atomic E-state index is 12.7. The number of aryl methyl sites for hydroxylation is 1. The van der Waals surface area contributed by atoms with Crippen LogP contribution in [0.1, 0.15) is 23.6 Å². The molecular formula is C14H17N3O2S. The van der Waals surface area contributed by atoms with E-state index in [9.17, 15) is 8.42 Å². The molecule has 2 aromatic rings. The fourth-order valence-electron chi connectivity index (χ4n) is 2.68. The van der Waals surface area contributed by atoms with Crippen LogP contribution in [0.5, 0.6) is 0 Å². The number of nitrogens with zero attached hydrogens (tertiary/aromatic N) is 2. The predicted octanol–water partition coefficient (Wildman–Crippen LogP) is 1.90. The van der Waals surface area contributed by atoms with Gasteiger partial charge in [0.2, 0.25) is 10.0 Å². The summed E-state index contributed by atoms with van der Waals surface area (Å²) in [6, 6.07) is 9.03. The quantitative estimate of drug-likeness (QED) is 0.939. The summed E-state index contributed by atoms with van der Waals surface area (Å²) in [5, 5.41) is 6.86. The molecule has 1 aliphatic rings. The van der Waals surface area contributed by atoms with Gasteiger partial charge in [-0.3, -0.25) is 5.10 Å². The molecule has 3 rings (SSSR count). The van der Waals surface area contributed by atoms with Crippen LogP contribution in [0.2, 0.25) is 0 Å². The number of benzene rings is 1. The third-order valence-electron chi connectivity index (χ3n) is 3.82. The van der Waals surface area contributed by atoms with Gasteiger partial charge in [-0.15, -0.1) is 0 Å². The predicted molar refractivity (Wildman–Crippen MR) is 75.9 cm³/mol. The number of sulfonamides is 1. The van der Waals surface area contributed by atoms with Gasteiger partial charge in [-0.25, -0.2) is 8.42 Å². The van der Waals surface area contributed by atoms with Gasteiger partial charge in [0.25, 0.3) is 0 Å². The molecule has 1 aliphatic heterocycles. The molecule has 1 fully saturated rings. The summed E-state index contributed by atoms with van der Waals surface area (Å²) in [4.78, 5) is 0.408. The van der Waals surface area contributed by atoms with Crippen molar-refractivity contribution in [2.24, 2.45) is 0 Å². The molecule has 0 bridgehead atoms. The lowest BCUT2D eigenvalue weighted by Crippen LogP contribution is -2.29. The molecule has 2 heterocycles. The van der Waals surface area contributed by atoms with Gasteiger partial charge in [-0.2, -0.15) is 9.40 Å². The zero-order chi connectivity index (χ0) is 14.2.